The van der Waals surface area contributed by atoms with E-state index in [1.54, 1.807) is 0 Å². The molecule has 0 aliphatic carbocycles. The number of nitrogens with zero attached hydrogens (tertiary/aromatic N) is 5. The molecule has 182 valence electrons. The van der Waals surface area contributed by atoms with Gasteiger partial charge >= 0.3 is 6.18 Å². The predicted octanol–water partition coefficient (Wildman–Crippen LogP) is 3.30. The highest BCUT2D eigenvalue weighted by Crippen LogP contribution is 2.35. The SMILES string of the molecule is COc1cc(F)c(-c2cn(C)n(-c3nc(N4CCN(C)CC4)ccc3C(F)(F)F)c2=O)c(F)c1. The lowest BCUT2D eigenvalue weighted by Gasteiger charge is -2.33. The number of methoxy groups -OCH3 is 1. The van der Waals surface area contributed by atoms with Crippen LogP contribution in [-0.4, -0.2) is 59.6 Å². The van der Waals surface area contributed by atoms with Crippen LogP contribution in [0.5, 0.6) is 5.75 Å². The Kier molecular flexibility index (Phi) is 6.11. The van der Waals surface area contributed by atoms with Gasteiger partial charge in [-0.1, -0.05) is 0 Å². The summed E-state index contributed by atoms with van der Waals surface area (Å²) in [5.41, 5.74) is -3.29. The lowest BCUT2D eigenvalue weighted by molar-refractivity contribution is -0.137. The Bertz CT molecular complexity index is 1250. The fourth-order valence-corrected chi connectivity index (χ4v) is 3.93. The summed E-state index contributed by atoms with van der Waals surface area (Å²) in [5, 5.41) is 0. The van der Waals surface area contributed by atoms with Gasteiger partial charge in [-0.25, -0.2) is 13.8 Å². The maximum atomic E-state index is 14.6. The van der Waals surface area contributed by atoms with E-state index in [0.29, 0.717) is 30.9 Å². The van der Waals surface area contributed by atoms with Gasteiger partial charge in [-0.3, -0.25) is 9.48 Å². The van der Waals surface area contributed by atoms with Gasteiger partial charge in [0.25, 0.3) is 5.56 Å². The summed E-state index contributed by atoms with van der Waals surface area (Å²) in [6, 6.07) is 3.91. The number of benzene rings is 1. The summed E-state index contributed by atoms with van der Waals surface area (Å²) in [6.07, 6.45) is -3.75. The number of aromatic nitrogens is 3. The fraction of sp³-hybridized carbons (Fsp3) is 0.364. The van der Waals surface area contributed by atoms with Crippen molar-refractivity contribution in [3.8, 4) is 22.7 Å². The Hall–Kier alpha value is -3.41. The third-order valence-electron chi connectivity index (χ3n) is 5.77. The number of halogens is 5. The van der Waals surface area contributed by atoms with Crippen molar-refractivity contribution in [2.24, 2.45) is 7.05 Å². The van der Waals surface area contributed by atoms with E-state index in [9.17, 15) is 26.7 Å². The summed E-state index contributed by atoms with van der Waals surface area (Å²) >= 11 is 0. The molecule has 0 bridgehead atoms. The van der Waals surface area contributed by atoms with Gasteiger partial charge < -0.3 is 14.5 Å². The van der Waals surface area contributed by atoms with E-state index in [1.807, 2.05) is 11.9 Å². The van der Waals surface area contributed by atoms with Gasteiger partial charge in [0.15, 0.2) is 5.82 Å². The Morgan fingerprint density at radius 3 is 2.18 bits per heavy atom. The average Bonchev–Trinajstić information content (AvgIpc) is 3.06. The normalized spacial score (nSPS) is 15.1. The van der Waals surface area contributed by atoms with E-state index < -0.39 is 45.9 Å². The van der Waals surface area contributed by atoms with Crippen molar-refractivity contribution in [1.82, 2.24) is 19.2 Å². The number of rotatable bonds is 4. The Morgan fingerprint density at radius 2 is 1.62 bits per heavy atom. The molecule has 34 heavy (non-hydrogen) atoms. The second-order valence-electron chi connectivity index (χ2n) is 8.03. The Balaban J connectivity index is 1.89. The van der Waals surface area contributed by atoms with E-state index in [-0.39, 0.29) is 11.6 Å². The van der Waals surface area contributed by atoms with Crippen LogP contribution in [0.1, 0.15) is 5.56 Å². The lowest BCUT2D eigenvalue weighted by Crippen LogP contribution is -2.45. The molecule has 3 heterocycles. The predicted molar refractivity (Wildman–Crippen MR) is 115 cm³/mol. The molecular weight excluding hydrogens is 461 g/mol. The summed E-state index contributed by atoms with van der Waals surface area (Å²) in [4.78, 5) is 21.3. The van der Waals surface area contributed by atoms with Crippen molar-refractivity contribution in [3.05, 3.63) is 58.0 Å². The molecule has 0 atom stereocenters. The van der Waals surface area contributed by atoms with Gasteiger partial charge in [0.1, 0.15) is 28.8 Å². The van der Waals surface area contributed by atoms with Crippen LogP contribution in [0.2, 0.25) is 0 Å². The Morgan fingerprint density at radius 1 is 1.00 bits per heavy atom. The molecule has 1 fully saturated rings. The number of ether oxygens (including phenoxy) is 1. The minimum atomic E-state index is -4.82. The molecule has 0 spiro atoms. The maximum Gasteiger partial charge on any atom is 0.420 e. The number of likely N-dealkylation sites (N-methyl/N-ethyl adjacent to an activating group) is 1. The van der Waals surface area contributed by atoms with Crippen molar-refractivity contribution in [1.29, 1.82) is 0 Å². The zero-order chi connectivity index (χ0) is 24.8. The van der Waals surface area contributed by atoms with Crippen LogP contribution < -0.4 is 15.2 Å². The molecule has 4 rings (SSSR count). The average molecular weight is 483 g/mol. The number of anilines is 1. The van der Waals surface area contributed by atoms with E-state index in [2.05, 4.69) is 9.88 Å². The highest BCUT2D eigenvalue weighted by molar-refractivity contribution is 5.65. The maximum absolute atomic E-state index is 14.6. The van der Waals surface area contributed by atoms with Crippen LogP contribution in [0, 0.1) is 11.6 Å². The smallest absolute Gasteiger partial charge is 0.420 e. The van der Waals surface area contributed by atoms with Crippen LogP contribution in [0.15, 0.2) is 35.3 Å². The highest BCUT2D eigenvalue weighted by atomic mass is 19.4. The minimum Gasteiger partial charge on any atom is -0.497 e. The minimum absolute atomic E-state index is 0.101. The van der Waals surface area contributed by atoms with Crippen molar-refractivity contribution in [2.75, 3.05) is 45.2 Å². The third-order valence-corrected chi connectivity index (χ3v) is 5.77. The zero-order valence-corrected chi connectivity index (χ0v) is 18.7. The standard InChI is InChI=1S/C22H22F5N5O2/c1-29-6-8-31(9-7-29)18-5-4-15(22(25,26)27)20(28-18)32-21(33)14(12-30(32)2)19-16(23)10-13(34-3)11-17(19)24/h4-5,10-12H,6-9H2,1-3H3. The molecule has 1 aliphatic rings. The van der Waals surface area contributed by atoms with Gasteiger partial charge in [0, 0.05) is 51.6 Å². The molecule has 1 aromatic carbocycles. The summed E-state index contributed by atoms with van der Waals surface area (Å²) in [5.74, 6) is -2.66. The largest absolute Gasteiger partial charge is 0.497 e. The van der Waals surface area contributed by atoms with Crippen LogP contribution in [0.3, 0.4) is 0 Å². The molecule has 12 heteroatoms. The first kappa shape index (κ1) is 23.7. The van der Waals surface area contributed by atoms with E-state index in [4.69, 9.17) is 4.74 Å². The van der Waals surface area contributed by atoms with E-state index >= 15 is 0 Å². The van der Waals surface area contributed by atoms with Crippen molar-refractivity contribution >= 4 is 5.82 Å². The molecule has 0 amide bonds. The van der Waals surface area contributed by atoms with Crippen molar-refractivity contribution < 1.29 is 26.7 Å². The monoisotopic (exact) mass is 483 g/mol. The number of hydrogen-bond acceptors (Lipinski definition) is 5. The van der Waals surface area contributed by atoms with Crippen molar-refractivity contribution in [2.45, 2.75) is 6.18 Å². The zero-order valence-electron chi connectivity index (χ0n) is 18.7. The Labute approximate surface area is 191 Å². The van der Waals surface area contributed by atoms with Gasteiger partial charge in [-0.2, -0.15) is 17.9 Å². The second-order valence-corrected chi connectivity index (χ2v) is 8.03. The summed E-state index contributed by atoms with van der Waals surface area (Å²) in [7, 11) is 4.46. The topological polar surface area (TPSA) is 55.5 Å². The van der Waals surface area contributed by atoms with Crippen molar-refractivity contribution in [3.63, 3.8) is 0 Å². The molecule has 0 radical (unpaired) electrons. The molecule has 0 saturated carbocycles. The quantitative estimate of drug-likeness (QED) is 0.534. The molecule has 0 unspecified atom stereocenters. The molecule has 3 aromatic rings. The number of aryl methyl sites for hydroxylation is 1. The van der Waals surface area contributed by atoms with E-state index in [0.717, 1.165) is 29.1 Å². The molecule has 2 aromatic heterocycles. The molecule has 7 nitrogen and oxygen atoms in total. The van der Waals surface area contributed by atoms with Crippen LogP contribution in [0.25, 0.3) is 16.9 Å². The first-order chi connectivity index (χ1) is 16.0. The lowest BCUT2D eigenvalue weighted by atomic mass is 10.1. The highest BCUT2D eigenvalue weighted by Gasteiger charge is 2.37. The first-order valence-corrected chi connectivity index (χ1v) is 10.4. The van der Waals surface area contributed by atoms with Crippen LogP contribution in [0.4, 0.5) is 27.8 Å². The van der Waals surface area contributed by atoms with Crippen LogP contribution in [-0.2, 0) is 13.2 Å². The number of hydrogen-bond donors (Lipinski definition) is 0. The molecular formula is C22H22F5N5O2. The summed E-state index contributed by atoms with van der Waals surface area (Å²) in [6.45, 7) is 2.48. The molecule has 1 saturated heterocycles. The first-order valence-electron chi connectivity index (χ1n) is 10.4. The van der Waals surface area contributed by atoms with Gasteiger partial charge in [0.05, 0.1) is 18.2 Å². The van der Waals surface area contributed by atoms with Gasteiger partial charge in [-0.15, -0.1) is 0 Å². The fourth-order valence-electron chi connectivity index (χ4n) is 3.93. The second kappa shape index (κ2) is 8.75. The van der Waals surface area contributed by atoms with Crippen LogP contribution >= 0.6 is 0 Å². The van der Waals surface area contributed by atoms with Gasteiger partial charge in [0.2, 0.25) is 0 Å². The van der Waals surface area contributed by atoms with E-state index in [1.165, 1.54) is 20.2 Å². The number of pyridine rings is 1. The number of alkyl halides is 3. The molecule has 0 N–H and O–H groups in total. The number of piperazine rings is 1. The third kappa shape index (κ3) is 4.25. The molecule has 1 aliphatic heterocycles. The van der Waals surface area contributed by atoms with Gasteiger partial charge in [-0.05, 0) is 19.2 Å². The summed E-state index contributed by atoms with van der Waals surface area (Å²) < 4.78 is 77.3.